The van der Waals surface area contributed by atoms with Gasteiger partial charge in [-0.25, -0.2) is 4.79 Å². The predicted molar refractivity (Wildman–Crippen MR) is 123 cm³/mol. The van der Waals surface area contributed by atoms with Crippen molar-refractivity contribution in [3.05, 3.63) is 70.8 Å². The van der Waals surface area contributed by atoms with Crippen molar-refractivity contribution in [3.8, 4) is 0 Å². The number of halogens is 1. The van der Waals surface area contributed by atoms with E-state index in [-0.39, 0.29) is 29.5 Å². The molecule has 1 aliphatic rings. The van der Waals surface area contributed by atoms with E-state index >= 15 is 0 Å². The van der Waals surface area contributed by atoms with E-state index in [1.807, 2.05) is 0 Å². The normalized spacial score (nSPS) is 14.2. The Balaban J connectivity index is 1.80. The second-order valence-electron chi connectivity index (χ2n) is 8.57. The third kappa shape index (κ3) is 5.62. The summed E-state index contributed by atoms with van der Waals surface area (Å²) in [5.74, 6) is -0.814. The van der Waals surface area contributed by atoms with Gasteiger partial charge in [0.05, 0.1) is 29.0 Å². The molecule has 0 aromatic heterocycles. The lowest BCUT2D eigenvalue weighted by atomic mass is 10.0. The summed E-state index contributed by atoms with van der Waals surface area (Å²) in [6, 6.07) is 13.1. The van der Waals surface area contributed by atoms with Crippen LogP contribution in [0.15, 0.2) is 48.5 Å². The number of benzene rings is 2. The first-order valence-electron chi connectivity index (χ1n) is 10.2. The Labute approximate surface area is 195 Å². The molecule has 0 saturated carbocycles. The van der Waals surface area contributed by atoms with Gasteiger partial charge in [0.15, 0.2) is 5.78 Å². The third-order valence-corrected chi connectivity index (χ3v) is 5.39. The quantitative estimate of drug-likeness (QED) is 0.352. The minimum Gasteiger partial charge on any atom is -0.444 e. The average Bonchev–Trinajstić information content (AvgIpc) is 2.97. The molecule has 0 unspecified atom stereocenters. The first kappa shape index (κ1) is 23.7. The first-order chi connectivity index (χ1) is 15.1. The van der Waals surface area contributed by atoms with Crippen LogP contribution in [0.5, 0.6) is 0 Å². The molecule has 0 fully saturated rings. The molecule has 3 rings (SSSR count). The van der Waals surface area contributed by atoms with E-state index in [2.05, 4.69) is 21.2 Å². The SMILES string of the molecule is CC(C)(C)OC(=O)N[C@H](Cc1ccc(C(=O)CBr)cc1)CN1C(=O)c2ccccc2C1=O. The molecule has 7 nitrogen and oxygen atoms in total. The van der Waals surface area contributed by atoms with E-state index in [1.165, 1.54) is 0 Å². The van der Waals surface area contributed by atoms with Gasteiger partial charge in [0, 0.05) is 5.56 Å². The van der Waals surface area contributed by atoms with Gasteiger partial charge < -0.3 is 10.1 Å². The van der Waals surface area contributed by atoms with Gasteiger partial charge in [-0.2, -0.15) is 0 Å². The van der Waals surface area contributed by atoms with E-state index < -0.39 is 17.7 Å². The average molecular weight is 501 g/mol. The van der Waals surface area contributed by atoms with E-state index in [1.54, 1.807) is 69.3 Å². The number of ether oxygens (including phenoxy) is 1. The second-order valence-corrected chi connectivity index (χ2v) is 9.13. The number of nitrogens with zero attached hydrogens (tertiary/aromatic N) is 1. The molecule has 0 aliphatic carbocycles. The van der Waals surface area contributed by atoms with Gasteiger partial charge in [0.1, 0.15) is 5.60 Å². The Morgan fingerprint density at radius 3 is 2.06 bits per heavy atom. The Morgan fingerprint density at radius 2 is 1.56 bits per heavy atom. The molecule has 1 N–H and O–H groups in total. The fourth-order valence-electron chi connectivity index (χ4n) is 3.45. The van der Waals surface area contributed by atoms with Crippen LogP contribution in [-0.2, 0) is 11.2 Å². The number of alkyl carbamates (subject to hydrolysis) is 1. The highest BCUT2D eigenvalue weighted by atomic mass is 79.9. The lowest BCUT2D eigenvalue weighted by Gasteiger charge is -2.26. The van der Waals surface area contributed by atoms with Crippen LogP contribution in [0.25, 0.3) is 0 Å². The second kappa shape index (κ2) is 9.65. The molecular weight excluding hydrogens is 476 g/mol. The maximum absolute atomic E-state index is 12.8. The lowest BCUT2D eigenvalue weighted by molar-refractivity contribution is 0.0468. The Kier molecular flexibility index (Phi) is 7.13. The molecule has 2 aromatic rings. The Hall–Kier alpha value is -3.00. The number of nitrogens with one attached hydrogen (secondary N) is 1. The number of fused-ring (bicyclic) bond motifs is 1. The van der Waals surface area contributed by atoms with Crippen LogP contribution in [0.3, 0.4) is 0 Å². The minimum atomic E-state index is -0.693. The van der Waals surface area contributed by atoms with Gasteiger partial charge in [0.2, 0.25) is 0 Å². The van der Waals surface area contributed by atoms with Crippen LogP contribution in [-0.4, -0.2) is 52.1 Å². The molecule has 168 valence electrons. The van der Waals surface area contributed by atoms with Gasteiger partial charge in [0.25, 0.3) is 11.8 Å². The summed E-state index contributed by atoms with van der Waals surface area (Å²) in [7, 11) is 0. The number of hydrogen-bond acceptors (Lipinski definition) is 5. The number of rotatable bonds is 7. The maximum atomic E-state index is 12.8. The minimum absolute atomic E-state index is 0.00628. The van der Waals surface area contributed by atoms with Crippen molar-refractivity contribution in [2.75, 3.05) is 11.9 Å². The van der Waals surface area contributed by atoms with Crippen molar-refractivity contribution in [1.29, 1.82) is 0 Å². The zero-order chi connectivity index (χ0) is 23.5. The number of ketones is 1. The molecule has 1 heterocycles. The lowest BCUT2D eigenvalue weighted by Crippen LogP contribution is -2.48. The van der Waals surface area contributed by atoms with Crippen molar-refractivity contribution < 1.29 is 23.9 Å². The fourth-order valence-corrected chi connectivity index (χ4v) is 3.77. The maximum Gasteiger partial charge on any atom is 0.407 e. The van der Waals surface area contributed by atoms with Gasteiger partial charge in [-0.05, 0) is 44.9 Å². The van der Waals surface area contributed by atoms with Crippen LogP contribution < -0.4 is 5.32 Å². The van der Waals surface area contributed by atoms with Gasteiger partial charge in [-0.1, -0.05) is 52.3 Å². The monoisotopic (exact) mass is 500 g/mol. The van der Waals surface area contributed by atoms with E-state index in [9.17, 15) is 19.2 Å². The Morgan fingerprint density at radius 1 is 1.00 bits per heavy atom. The summed E-state index contributed by atoms with van der Waals surface area (Å²) in [4.78, 5) is 51.0. The highest BCUT2D eigenvalue weighted by Crippen LogP contribution is 2.23. The van der Waals surface area contributed by atoms with Crippen LogP contribution >= 0.6 is 15.9 Å². The summed E-state index contributed by atoms with van der Waals surface area (Å²) < 4.78 is 5.36. The van der Waals surface area contributed by atoms with Crippen molar-refractivity contribution in [2.24, 2.45) is 0 Å². The molecule has 2 aromatic carbocycles. The molecular formula is C24H25BrN2O5. The highest BCUT2D eigenvalue weighted by molar-refractivity contribution is 9.09. The molecule has 0 radical (unpaired) electrons. The van der Waals surface area contributed by atoms with E-state index in [0.717, 1.165) is 10.5 Å². The zero-order valence-electron chi connectivity index (χ0n) is 18.2. The Bertz CT molecular complexity index is 1010. The third-order valence-electron chi connectivity index (χ3n) is 4.88. The van der Waals surface area contributed by atoms with Gasteiger partial charge in [-0.3, -0.25) is 19.3 Å². The van der Waals surface area contributed by atoms with Crippen molar-refractivity contribution in [1.82, 2.24) is 10.2 Å². The molecule has 0 bridgehead atoms. The van der Waals surface area contributed by atoms with Crippen molar-refractivity contribution in [2.45, 2.75) is 38.8 Å². The van der Waals surface area contributed by atoms with Crippen LogP contribution in [0.2, 0.25) is 0 Å². The molecule has 0 saturated heterocycles. The van der Waals surface area contributed by atoms with E-state index in [4.69, 9.17) is 4.74 Å². The summed E-state index contributed by atoms with van der Waals surface area (Å²) in [5.41, 5.74) is 1.43. The summed E-state index contributed by atoms with van der Waals surface area (Å²) in [6.45, 7) is 5.26. The number of amides is 3. The van der Waals surface area contributed by atoms with Gasteiger partial charge in [-0.15, -0.1) is 0 Å². The standard InChI is InChI=1S/C24H25BrN2O5/c1-24(2,3)32-23(31)26-17(12-15-8-10-16(11-9-15)20(28)13-25)14-27-21(29)18-6-4-5-7-19(18)22(27)30/h4-11,17H,12-14H2,1-3H3,(H,26,31)/t17-/m1/s1. The summed E-state index contributed by atoms with van der Waals surface area (Å²) in [6.07, 6.45) is -0.291. The molecule has 1 atom stereocenters. The molecule has 0 spiro atoms. The summed E-state index contributed by atoms with van der Waals surface area (Å²) >= 11 is 3.15. The number of hydrogen-bond donors (Lipinski definition) is 1. The van der Waals surface area contributed by atoms with Crippen molar-refractivity contribution >= 4 is 39.6 Å². The summed E-state index contributed by atoms with van der Waals surface area (Å²) in [5, 5.41) is 3.01. The molecule has 1 aliphatic heterocycles. The molecule has 8 heteroatoms. The molecule has 3 amide bonds. The topological polar surface area (TPSA) is 92.8 Å². The molecule has 32 heavy (non-hydrogen) atoms. The van der Waals surface area contributed by atoms with Crippen LogP contribution in [0.4, 0.5) is 4.79 Å². The predicted octanol–water partition coefficient (Wildman–Crippen LogP) is 4.00. The number of carbonyl (C=O) groups is 4. The van der Waals surface area contributed by atoms with Crippen LogP contribution in [0, 0.1) is 0 Å². The smallest absolute Gasteiger partial charge is 0.407 e. The number of alkyl halides is 1. The van der Waals surface area contributed by atoms with Gasteiger partial charge >= 0.3 is 6.09 Å². The first-order valence-corrected chi connectivity index (χ1v) is 11.3. The highest BCUT2D eigenvalue weighted by Gasteiger charge is 2.37. The van der Waals surface area contributed by atoms with Crippen LogP contribution in [0.1, 0.15) is 57.4 Å². The fraction of sp³-hybridized carbons (Fsp3) is 0.333. The number of Topliss-reactive ketones (excluding diaryl/α,β-unsaturated/α-hetero) is 1. The number of carbonyl (C=O) groups excluding carboxylic acids is 4. The number of imide groups is 1. The largest absolute Gasteiger partial charge is 0.444 e. The zero-order valence-corrected chi connectivity index (χ0v) is 19.8. The van der Waals surface area contributed by atoms with Crippen molar-refractivity contribution in [3.63, 3.8) is 0 Å². The van der Waals surface area contributed by atoms with E-state index in [0.29, 0.717) is 23.1 Å².